The van der Waals surface area contributed by atoms with Gasteiger partial charge in [0.1, 0.15) is 5.76 Å². The highest BCUT2D eigenvalue weighted by Crippen LogP contribution is 2.23. The number of methoxy groups -OCH3 is 1. The van der Waals surface area contributed by atoms with Crippen molar-refractivity contribution in [2.75, 3.05) is 11.8 Å². The maximum Gasteiger partial charge on any atom is 0.181 e. The molecule has 0 saturated carbocycles. The third kappa shape index (κ3) is 4.58. The van der Waals surface area contributed by atoms with Crippen LogP contribution in [0.15, 0.2) is 66.7 Å². The molecule has 3 rings (SSSR count). The summed E-state index contributed by atoms with van der Waals surface area (Å²) in [6.07, 6.45) is 8.01. The predicted octanol–water partition coefficient (Wildman–Crippen LogP) is 4.18. The first-order valence-electron chi connectivity index (χ1n) is 8.06. The summed E-state index contributed by atoms with van der Waals surface area (Å²) in [5, 5.41) is 7.51. The monoisotopic (exact) mass is 393 g/mol. The van der Waals surface area contributed by atoms with Crippen LogP contribution in [-0.4, -0.2) is 27.3 Å². The standard InChI is InChI=1S/C20H16FN5OS/c1-4-17(9-13(2)27-3)28-26-20-18(21)15(7-8-22-20)6-5-14-10-16-12-24-25-19(16)23-11-14/h4,7-12H,1-2H2,3H3,(H,22,26)(H,23,24,25)/b17-9+. The lowest BCUT2D eigenvalue weighted by Crippen LogP contribution is -1.97. The van der Waals surface area contributed by atoms with Gasteiger partial charge in [0.15, 0.2) is 17.3 Å². The van der Waals surface area contributed by atoms with E-state index in [0.717, 1.165) is 17.3 Å². The number of fused-ring (bicyclic) bond motifs is 1. The van der Waals surface area contributed by atoms with E-state index in [2.05, 4.69) is 49.9 Å². The van der Waals surface area contributed by atoms with E-state index in [0.29, 0.717) is 21.9 Å². The number of aromatic nitrogens is 4. The van der Waals surface area contributed by atoms with Crippen molar-refractivity contribution in [3.63, 3.8) is 0 Å². The number of nitrogens with one attached hydrogen (secondary N) is 2. The fourth-order valence-corrected chi connectivity index (χ4v) is 2.74. The molecule has 6 nitrogen and oxygen atoms in total. The van der Waals surface area contributed by atoms with Gasteiger partial charge in [-0.05, 0) is 30.2 Å². The lowest BCUT2D eigenvalue weighted by Gasteiger charge is -2.07. The molecule has 28 heavy (non-hydrogen) atoms. The molecule has 0 radical (unpaired) electrons. The summed E-state index contributed by atoms with van der Waals surface area (Å²) in [6.45, 7) is 7.42. The van der Waals surface area contributed by atoms with Gasteiger partial charge in [0.25, 0.3) is 0 Å². The highest BCUT2D eigenvalue weighted by Gasteiger charge is 2.09. The lowest BCUT2D eigenvalue weighted by molar-refractivity contribution is 0.308. The average Bonchev–Trinajstić information content (AvgIpc) is 3.18. The largest absolute Gasteiger partial charge is 0.497 e. The summed E-state index contributed by atoms with van der Waals surface area (Å²) in [7, 11) is 1.51. The summed E-state index contributed by atoms with van der Waals surface area (Å²) in [5.41, 5.74) is 1.55. The number of hydrogen-bond acceptors (Lipinski definition) is 6. The zero-order valence-electron chi connectivity index (χ0n) is 15.0. The van der Waals surface area contributed by atoms with Gasteiger partial charge >= 0.3 is 0 Å². The van der Waals surface area contributed by atoms with Crippen LogP contribution in [-0.2, 0) is 4.74 Å². The molecule has 140 valence electrons. The minimum absolute atomic E-state index is 0.0657. The Bertz CT molecular complexity index is 1130. The summed E-state index contributed by atoms with van der Waals surface area (Å²) in [5.74, 6) is 5.70. The topological polar surface area (TPSA) is 75.7 Å². The molecule has 0 aliphatic heterocycles. The summed E-state index contributed by atoms with van der Waals surface area (Å²) < 4.78 is 22.6. The maximum atomic E-state index is 14.7. The van der Waals surface area contributed by atoms with Gasteiger partial charge in [0.2, 0.25) is 0 Å². The smallest absolute Gasteiger partial charge is 0.181 e. The van der Waals surface area contributed by atoms with Crippen LogP contribution >= 0.6 is 11.9 Å². The van der Waals surface area contributed by atoms with Crippen LogP contribution in [0, 0.1) is 17.7 Å². The Morgan fingerprint density at radius 2 is 2.21 bits per heavy atom. The molecule has 2 N–H and O–H groups in total. The number of aromatic amines is 1. The molecule has 0 aliphatic rings. The molecule has 3 heterocycles. The van der Waals surface area contributed by atoms with Crippen molar-refractivity contribution in [1.82, 2.24) is 20.2 Å². The second kappa shape index (κ2) is 8.88. The summed E-state index contributed by atoms with van der Waals surface area (Å²) >= 11 is 1.14. The highest BCUT2D eigenvalue weighted by atomic mass is 32.2. The number of anilines is 1. The van der Waals surface area contributed by atoms with Crippen LogP contribution in [0.5, 0.6) is 0 Å². The van der Waals surface area contributed by atoms with E-state index < -0.39 is 5.82 Å². The van der Waals surface area contributed by atoms with Crippen molar-refractivity contribution in [3.05, 3.63) is 83.6 Å². The second-order valence-electron chi connectivity index (χ2n) is 5.43. The molecule has 8 heteroatoms. The number of halogens is 1. The molecule has 3 aromatic heterocycles. The Kier molecular flexibility index (Phi) is 6.09. The first kappa shape index (κ1) is 19.2. The van der Waals surface area contributed by atoms with Crippen LogP contribution < -0.4 is 4.72 Å². The Labute approximate surface area is 165 Å². The molecule has 0 saturated heterocycles. The second-order valence-corrected chi connectivity index (χ2v) is 6.31. The maximum absolute atomic E-state index is 14.7. The summed E-state index contributed by atoms with van der Waals surface area (Å²) in [4.78, 5) is 8.92. The Balaban J connectivity index is 1.78. The third-order valence-corrected chi connectivity index (χ3v) is 4.37. The Hall–Kier alpha value is -3.57. The molecule has 0 fully saturated rings. The molecular weight excluding hydrogens is 377 g/mol. The van der Waals surface area contributed by atoms with Gasteiger partial charge < -0.3 is 9.46 Å². The molecule has 0 spiro atoms. The average molecular weight is 393 g/mol. The molecular formula is C20H16FN5OS. The van der Waals surface area contributed by atoms with Crippen LogP contribution in [0.4, 0.5) is 10.2 Å². The molecule has 0 aliphatic carbocycles. The van der Waals surface area contributed by atoms with Gasteiger partial charge in [-0.3, -0.25) is 5.10 Å². The van der Waals surface area contributed by atoms with Crippen LogP contribution in [0.3, 0.4) is 0 Å². The highest BCUT2D eigenvalue weighted by molar-refractivity contribution is 8.04. The number of H-pyrrole nitrogens is 1. The first-order valence-corrected chi connectivity index (χ1v) is 8.88. The lowest BCUT2D eigenvalue weighted by atomic mass is 10.2. The van der Waals surface area contributed by atoms with Crippen molar-refractivity contribution in [2.45, 2.75) is 0 Å². The van der Waals surface area contributed by atoms with Gasteiger partial charge in [-0.25, -0.2) is 14.4 Å². The van der Waals surface area contributed by atoms with Crippen LogP contribution in [0.25, 0.3) is 11.0 Å². The third-order valence-electron chi connectivity index (χ3n) is 3.55. The van der Waals surface area contributed by atoms with Crippen molar-refractivity contribution in [2.24, 2.45) is 0 Å². The van der Waals surface area contributed by atoms with Gasteiger partial charge in [-0.15, -0.1) is 0 Å². The number of rotatable bonds is 6. The van der Waals surface area contributed by atoms with E-state index in [-0.39, 0.29) is 11.4 Å². The van der Waals surface area contributed by atoms with E-state index in [1.807, 2.05) is 6.07 Å². The van der Waals surface area contributed by atoms with E-state index in [4.69, 9.17) is 4.74 Å². The fraction of sp³-hybridized carbons (Fsp3) is 0.0500. The number of nitrogens with zero attached hydrogens (tertiary/aromatic N) is 3. The van der Waals surface area contributed by atoms with E-state index in [9.17, 15) is 4.39 Å². The van der Waals surface area contributed by atoms with Gasteiger partial charge in [0.05, 0.1) is 18.9 Å². The Morgan fingerprint density at radius 3 is 3.00 bits per heavy atom. The van der Waals surface area contributed by atoms with Gasteiger partial charge in [0, 0.05) is 28.2 Å². The van der Waals surface area contributed by atoms with Crippen molar-refractivity contribution in [3.8, 4) is 11.8 Å². The first-order chi connectivity index (χ1) is 13.6. The SMILES string of the molecule is C=C/C(=C\C(=C)OC)SNc1nccc(C#Cc2cnc3[nH]ncc3c2)c1F. The molecule has 0 bridgehead atoms. The van der Waals surface area contributed by atoms with Crippen molar-refractivity contribution < 1.29 is 9.13 Å². The Morgan fingerprint density at radius 1 is 1.36 bits per heavy atom. The quantitative estimate of drug-likeness (QED) is 0.283. The minimum atomic E-state index is -0.547. The molecule has 0 atom stereocenters. The van der Waals surface area contributed by atoms with Crippen LogP contribution in [0.1, 0.15) is 11.1 Å². The fourth-order valence-electron chi connectivity index (χ4n) is 2.11. The van der Waals surface area contributed by atoms with Gasteiger partial charge in [-0.1, -0.05) is 31.1 Å². The number of ether oxygens (including phenoxy) is 1. The van der Waals surface area contributed by atoms with E-state index in [1.165, 1.54) is 19.4 Å². The molecule has 0 unspecified atom stereocenters. The number of pyridine rings is 2. The zero-order chi connectivity index (χ0) is 19.9. The van der Waals surface area contributed by atoms with Gasteiger partial charge in [-0.2, -0.15) is 5.10 Å². The van der Waals surface area contributed by atoms with Crippen molar-refractivity contribution >= 4 is 28.8 Å². The number of allylic oxidation sites excluding steroid dienone is 2. The van der Waals surface area contributed by atoms with E-state index in [1.54, 1.807) is 24.5 Å². The van der Waals surface area contributed by atoms with E-state index >= 15 is 0 Å². The van der Waals surface area contributed by atoms with Crippen molar-refractivity contribution in [1.29, 1.82) is 0 Å². The van der Waals surface area contributed by atoms with Crippen LogP contribution in [0.2, 0.25) is 0 Å². The predicted molar refractivity (Wildman–Crippen MR) is 110 cm³/mol. The minimum Gasteiger partial charge on any atom is -0.497 e. The normalized spacial score (nSPS) is 10.9. The molecule has 0 amide bonds. The zero-order valence-corrected chi connectivity index (χ0v) is 15.8. The number of hydrogen-bond donors (Lipinski definition) is 2. The molecule has 0 aromatic carbocycles. The molecule has 3 aromatic rings. The summed E-state index contributed by atoms with van der Waals surface area (Å²) in [6, 6.07) is 3.34.